The average Bonchev–Trinajstić information content (AvgIpc) is 2.97. The molecule has 0 aromatic heterocycles. The molecule has 30 heavy (non-hydrogen) atoms. The maximum absolute atomic E-state index is 11.3. The van der Waals surface area contributed by atoms with Gasteiger partial charge in [0.1, 0.15) is 0 Å². The van der Waals surface area contributed by atoms with Gasteiger partial charge in [0.2, 0.25) is 0 Å². The van der Waals surface area contributed by atoms with Gasteiger partial charge < -0.3 is 0 Å². The van der Waals surface area contributed by atoms with Crippen LogP contribution in [0.4, 0.5) is 5.69 Å². The summed E-state index contributed by atoms with van der Waals surface area (Å²) in [6.07, 6.45) is 0. The third-order valence-electron chi connectivity index (χ3n) is 5.46. The smallest absolute Gasteiger partial charge is 0.270 e. The van der Waals surface area contributed by atoms with Gasteiger partial charge in [0.05, 0.1) is 17.2 Å². The Labute approximate surface area is 174 Å². The minimum atomic E-state index is -0.355. The van der Waals surface area contributed by atoms with Crippen LogP contribution in [0.3, 0.4) is 0 Å². The third-order valence-corrected chi connectivity index (χ3v) is 5.46. The molecule has 0 radical (unpaired) electrons. The maximum Gasteiger partial charge on any atom is 0.270 e. The largest absolute Gasteiger partial charge is 0.279 e. The molecule has 1 heterocycles. The predicted octanol–water partition coefficient (Wildman–Crippen LogP) is 6.28. The van der Waals surface area contributed by atoms with E-state index in [0.29, 0.717) is 6.54 Å². The zero-order chi connectivity index (χ0) is 20.5. The zero-order valence-corrected chi connectivity index (χ0v) is 16.2. The molecule has 5 rings (SSSR count). The summed E-state index contributed by atoms with van der Waals surface area (Å²) in [6, 6.07) is 31.4. The number of aliphatic imine (C=N–C) groups is 1. The van der Waals surface area contributed by atoms with Crippen molar-refractivity contribution in [3.63, 3.8) is 0 Å². The van der Waals surface area contributed by atoms with Crippen LogP contribution < -0.4 is 0 Å². The van der Waals surface area contributed by atoms with Crippen LogP contribution in [0, 0.1) is 10.1 Å². The van der Waals surface area contributed by atoms with Crippen LogP contribution in [-0.2, 0) is 6.54 Å². The maximum atomic E-state index is 11.3. The van der Waals surface area contributed by atoms with Crippen LogP contribution in [0.25, 0.3) is 22.3 Å². The molecular formula is C26H18N2O2. The van der Waals surface area contributed by atoms with Crippen molar-refractivity contribution in [2.24, 2.45) is 4.99 Å². The van der Waals surface area contributed by atoms with E-state index < -0.39 is 0 Å². The van der Waals surface area contributed by atoms with Gasteiger partial charge in [-0.1, -0.05) is 84.9 Å². The highest BCUT2D eigenvalue weighted by Gasteiger charge is 2.21. The van der Waals surface area contributed by atoms with Gasteiger partial charge in [-0.3, -0.25) is 15.1 Å². The molecule has 0 spiro atoms. The summed E-state index contributed by atoms with van der Waals surface area (Å²) in [5.74, 6) is 0. The summed E-state index contributed by atoms with van der Waals surface area (Å²) >= 11 is 0. The van der Waals surface area contributed by atoms with Crippen molar-refractivity contribution in [1.82, 2.24) is 0 Å². The molecule has 0 saturated carbocycles. The standard InChI is InChI=1S/C26H18N2O2/c29-28(30)20-11-6-10-19(16-20)21-14-7-15-23-22-12-4-5-13-24(22)26(27-17-25(21)23)18-8-2-1-3-9-18/h1-16H,17H2. The summed E-state index contributed by atoms with van der Waals surface area (Å²) < 4.78 is 0. The van der Waals surface area contributed by atoms with Crippen LogP contribution in [-0.4, -0.2) is 10.6 Å². The van der Waals surface area contributed by atoms with Crippen LogP contribution in [0.1, 0.15) is 16.7 Å². The summed E-state index contributed by atoms with van der Waals surface area (Å²) in [5.41, 5.74) is 8.36. The molecule has 144 valence electrons. The first kappa shape index (κ1) is 18.0. The van der Waals surface area contributed by atoms with Gasteiger partial charge in [0.15, 0.2) is 0 Å². The van der Waals surface area contributed by atoms with E-state index in [1.807, 2.05) is 48.5 Å². The van der Waals surface area contributed by atoms with Gasteiger partial charge in [-0.2, -0.15) is 0 Å². The molecule has 0 aliphatic carbocycles. The highest BCUT2D eigenvalue weighted by molar-refractivity contribution is 6.17. The van der Waals surface area contributed by atoms with Crippen molar-refractivity contribution in [3.05, 3.63) is 124 Å². The second kappa shape index (κ2) is 7.41. The molecule has 1 aliphatic heterocycles. The Morgan fingerprint density at radius 3 is 2.10 bits per heavy atom. The topological polar surface area (TPSA) is 55.5 Å². The SMILES string of the molecule is O=[N+]([O-])c1cccc(-c2cccc3c2CN=C(c2ccccc2)c2ccccc2-3)c1. The molecule has 0 unspecified atom stereocenters. The third kappa shape index (κ3) is 3.08. The molecular weight excluding hydrogens is 372 g/mol. The number of nitrogens with zero attached hydrogens (tertiary/aromatic N) is 2. The van der Waals surface area contributed by atoms with E-state index in [1.54, 1.807) is 12.1 Å². The summed E-state index contributed by atoms with van der Waals surface area (Å²) in [6.45, 7) is 0.507. The van der Waals surface area contributed by atoms with Gasteiger partial charge >= 0.3 is 0 Å². The molecule has 0 amide bonds. The van der Waals surface area contributed by atoms with Crippen molar-refractivity contribution >= 4 is 11.4 Å². The lowest BCUT2D eigenvalue weighted by Crippen LogP contribution is -2.03. The lowest BCUT2D eigenvalue weighted by atomic mass is 9.89. The molecule has 4 heteroatoms. The Morgan fingerprint density at radius 2 is 1.30 bits per heavy atom. The van der Waals surface area contributed by atoms with E-state index in [1.165, 1.54) is 6.07 Å². The fraction of sp³-hybridized carbons (Fsp3) is 0.0385. The van der Waals surface area contributed by atoms with Crippen LogP contribution in [0.5, 0.6) is 0 Å². The highest BCUT2D eigenvalue weighted by atomic mass is 16.6. The van der Waals surface area contributed by atoms with Crippen LogP contribution in [0.15, 0.2) is 102 Å². The Balaban J connectivity index is 1.73. The Hall–Kier alpha value is -4.05. The number of benzene rings is 4. The zero-order valence-electron chi connectivity index (χ0n) is 16.2. The molecule has 4 aromatic rings. The summed E-state index contributed by atoms with van der Waals surface area (Å²) in [4.78, 5) is 15.9. The second-order valence-electron chi connectivity index (χ2n) is 7.22. The van der Waals surface area contributed by atoms with E-state index >= 15 is 0 Å². The van der Waals surface area contributed by atoms with Crippen molar-refractivity contribution in [3.8, 4) is 22.3 Å². The normalized spacial score (nSPS) is 12.3. The van der Waals surface area contributed by atoms with Crippen LogP contribution >= 0.6 is 0 Å². The highest BCUT2D eigenvalue weighted by Crippen LogP contribution is 2.38. The van der Waals surface area contributed by atoms with Gasteiger partial charge in [0.25, 0.3) is 5.69 Å². The number of hydrogen-bond donors (Lipinski definition) is 0. The number of fused-ring (bicyclic) bond motifs is 3. The summed E-state index contributed by atoms with van der Waals surface area (Å²) in [7, 11) is 0. The first-order valence-electron chi connectivity index (χ1n) is 9.79. The van der Waals surface area contributed by atoms with E-state index in [4.69, 9.17) is 4.99 Å². The quantitative estimate of drug-likeness (QED) is 0.305. The minimum Gasteiger partial charge on any atom is -0.279 e. The number of nitro benzene ring substituents is 1. The Kier molecular flexibility index (Phi) is 4.45. The molecule has 0 fully saturated rings. The minimum absolute atomic E-state index is 0.0904. The number of rotatable bonds is 3. The molecule has 4 aromatic carbocycles. The van der Waals surface area contributed by atoms with Crippen LogP contribution in [0.2, 0.25) is 0 Å². The van der Waals surface area contributed by atoms with Gasteiger partial charge in [-0.15, -0.1) is 0 Å². The van der Waals surface area contributed by atoms with Crippen molar-refractivity contribution < 1.29 is 4.92 Å². The van der Waals surface area contributed by atoms with Crippen molar-refractivity contribution in [2.45, 2.75) is 6.54 Å². The van der Waals surface area contributed by atoms with E-state index in [-0.39, 0.29) is 10.6 Å². The Morgan fingerprint density at radius 1 is 0.667 bits per heavy atom. The first-order chi connectivity index (χ1) is 14.7. The number of non-ortho nitro benzene ring substituents is 1. The number of hydrogen-bond acceptors (Lipinski definition) is 3. The van der Waals surface area contributed by atoms with Crippen molar-refractivity contribution in [2.75, 3.05) is 0 Å². The fourth-order valence-electron chi connectivity index (χ4n) is 4.08. The molecule has 0 saturated heterocycles. The number of nitro groups is 1. The second-order valence-corrected chi connectivity index (χ2v) is 7.22. The average molecular weight is 390 g/mol. The summed E-state index contributed by atoms with van der Waals surface area (Å²) in [5, 5.41) is 11.3. The van der Waals surface area contributed by atoms with Gasteiger partial charge in [-0.05, 0) is 27.8 Å². The molecule has 0 bridgehead atoms. The van der Waals surface area contributed by atoms with Gasteiger partial charge in [-0.25, -0.2) is 0 Å². The lowest BCUT2D eigenvalue weighted by molar-refractivity contribution is -0.384. The fourth-order valence-corrected chi connectivity index (χ4v) is 4.08. The molecule has 0 atom stereocenters. The molecule has 4 nitrogen and oxygen atoms in total. The van der Waals surface area contributed by atoms with E-state index in [0.717, 1.165) is 44.7 Å². The lowest BCUT2D eigenvalue weighted by Gasteiger charge is -2.14. The monoisotopic (exact) mass is 390 g/mol. The van der Waals surface area contributed by atoms with E-state index in [2.05, 4.69) is 30.3 Å². The molecule has 1 aliphatic rings. The Bertz CT molecular complexity index is 1290. The van der Waals surface area contributed by atoms with Crippen molar-refractivity contribution in [1.29, 1.82) is 0 Å². The molecule has 0 N–H and O–H groups in total. The first-order valence-corrected chi connectivity index (χ1v) is 9.79. The predicted molar refractivity (Wildman–Crippen MR) is 120 cm³/mol. The van der Waals surface area contributed by atoms with E-state index in [9.17, 15) is 10.1 Å². The van der Waals surface area contributed by atoms with Gasteiger partial charge in [0, 0.05) is 23.3 Å².